The number of aryl methyl sites for hydroxylation is 2. The van der Waals surface area contributed by atoms with Crippen molar-refractivity contribution in [2.24, 2.45) is 11.8 Å². The molecule has 0 spiro atoms. The van der Waals surface area contributed by atoms with E-state index in [9.17, 15) is 4.79 Å². The Morgan fingerprint density at radius 3 is 2.92 bits per heavy atom. The van der Waals surface area contributed by atoms with Crippen LogP contribution >= 0.6 is 0 Å². The first-order valence-electron chi connectivity index (χ1n) is 8.92. The zero-order valence-corrected chi connectivity index (χ0v) is 15.0. The number of hydrogen-bond donors (Lipinski definition) is 1. The Bertz CT molecular complexity index is 738. The standard InChI is InChI=1S/C18H27N5O/c1-11-6-5-7-16(12(11)2)22-17(24)9-8-15-13(3)21-18-19-10-20-23(18)14(15)4/h10-12,16H,5-9H2,1-4H3,(H,22,24)/t11-,12+,16-/m1/s1. The van der Waals surface area contributed by atoms with Crippen LogP contribution in [0.3, 0.4) is 0 Å². The summed E-state index contributed by atoms with van der Waals surface area (Å²) in [7, 11) is 0. The van der Waals surface area contributed by atoms with Gasteiger partial charge in [0.1, 0.15) is 6.33 Å². The molecule has 1 aliphatic carbocycles. The second-order valence-corrected chi connectivity index (χ2v) is 7.17. The van der Waals surface area contributed by atoms with Crippen molar-refractivity contribution in [2.75, 3.05) is 0 Å². The molecule has 3 atom stereocenters. The second kappa shape index (κ2) is 6.87. The van der Waals surface area contributed by atoms with Crippen LogP contribution in [0.5, 0.6) is 0 Å². The first-order chi connectivity index (χ1) is 11.5. The summed E-state index contributed by atoms with van der Waals surface area (Å²) in [4.78, 5) is 21.0. The van der Waals surface area contributed by atoms with Gasteiger partial charge in [0.25, 0.3) is 5.78 Å². The molecule has 1 aliphatic rings. The Morgan fingerprint density at radius 2 is 2.12 bits per heavy atom. The molecular formula is C18H27N5O. The summed E-state index contributed by atoms with van der Waals surface area (Å²) in [6, 6.07) is 0.319. The van der Waals surface area contributed by atoms with E-state index in [0.29, 0.717) is 36.5 Å². The maximum Gasteiger partial charge on any atom is 0.252 e. The monoisotopic (exact) mass is 329 g/mol. The van der Waals surface area contributed by atoms with Crippen molar-refractivity contribution in [2.45, 2.75) is 65.8 Å². The molecule has 0 saturated heterocycles. The molecule has 1 saturated carbocycles. The predicted molar refractivity (Wildman–Crippen MR) is 92.7 cm³/mol. The van der Waals surface area contributed by atoms with Crippen molar-refractivity contribution in [1.82, 2.24) is 24.9 Å². The van der Waals surface area contributed by atoms with Gasteiger partial charge in [-0.15, -0.1) is 0 Å². The number of fused-ring (bicyclic) bond motifs is 1. The fraction of sp³-hybridized carbons (Fsp3) is 0.667. The molecule has 0 bridgehead atoms. The number of aromatic nitrogens is 4. The molecule has 1 amide bonds. The van der Waals surface area contributed by atoms with Gasteiger partial charge in [0.05, 0.1) is 0 Å². The summed E-state index contributed by atoms with van der Waals surface area (Å²) in [6.45, 7) is 8.52. The number of nitrogens with zero attached hydrogens (tertiary/aromatic N) is 4. The van der Waals surface area contributed by atoms with Crippen molar-refractivity contribution < 1.29 is 4.79 Å². The summed E-state index contributed by atoms with van der Waals surface area (Å²) in [5.74, 6) is 1.99. The van der Waals surface area contributed by atoms with Gasteiger partial charge in [-0.25, -0.2) is 9.50 Å². The third kappa shape index (κ3) is 3.28. The lowest BCUT2D eigenvalue weighted by Crippen LogP contribution is -2.43. The van der Waals surface area contributed by atoms with Crippen molar-refractivity contribution in [3.05, 3.63) is 23.3 Å². The van der Waals surface area contributed by atoms with Crippen LogP contribution in [0.4, 0.5) is 0 Å². The minimum atomic E-state index is 0.137. The first-order valence-corrected chi connectivity index (χ1v) is 8.92. The number of carbonyl (C=O) groups is 1. The molecule has 2 aromatic heterocycles. The minimum Gasteiger partial charge on any atom is -0.353 e. The van der Waals surface area contributed by atoms with Crippen LogP contribution in [0.15, 0.2) is 6.33 Å². The second-order valence-electron chi connectivity index (χ2n) is 7.17. The van der Waals surface area contributed by atoms with Gasteiger partial charge in [-0.05, 0) is 44.1 Å². The van der Waals surface area contributed by atoms with Gasteiger partial charge >= 0.3 is 0 Å². The van der Waals surface area contributed by atoms with E-state index in [2.05, 4.69) is 34.2 Å². The summed E-state index contributed by atoms with van der Waals surface area (Å²) in [5.41, 5.74) is 3.04. The van der Waals surface area contributed by atoms with Crippen molar-refractivity contribution in [3.8, 4) is 0 Å². The molecule has 3 rings (SSSR count). The molecule has 0 aromatic carbocycles. The van der Waals surface area contributed by atoms with Crippen LogP contribution < -0.4 is 5.32 Å². The molecule has 1 fully saturated rings. The molecular weight excluding hydrogens is 302 g/mol. The average molecular weight is 329 g/mol. The molecule has 0 aliphatic heterocycles. The molecule has 2 aromatic rings. The van der Waals surface area contributed by atoms with E-state index in [4.69, 9.17) is 0 Å². The van der Waals surface area contributed by atoms with Crippen LogP contribution in [-0.4, -0.2) is 31.5 Å². The molecule has 2 heterocycles. The molecule has 24 heavy (non-hydrogen) atoms. The Hall–Kier alpha value is -1.98. The lowest BCUT2D eigenvalue weighted by molar-refractivity contribution is -0.122. The lowest BCUT2D eigenvalue weighted by atomic mass is 9.78. The summed E-state index contributed by atoms with van der Waals surface area (Å²) in [6.07, 6.45) is 6.26. The Kier molecular flexibility index (Phi) is 4.83. The van der Waals surface area contributed by atoms with E-state index in [1.54, 1.807) is 4.52 Å². The molecule has 0 radical (unpaired) electrons. The summed E-state index contributed by atoms with van der Waals surface area (Å²) >= 11 is 0. The van der Waals surface area contributed by atoms with E-state index < -0.39 is 0 Å². The summed E-state index contributed by atoms with van der Waals surface area (Å²) < 4.78 is 1.74. The van der Waals surface area contributed by atoms with Gasteiger partial charge in [0.15, 0.2) is 0 Å². The smallest absolute Gasteiger partial charge is 0.252 e. The number of rotatable bonds is 4. The fourth-order valence-corrected chi connectivity index (χ4v) is 3.82. The summed E-state index contributed by atoms with van der Waals surface area (Å²) in [5, 5.41) is 7.45. The molecule has 1 N–H and O–H groups in total. The van der Waals surface area contributed by atoms with Crippen LogP contribution in [0.25, 0.3) is 5.78 Å². The highest BCUT2D eigenvalue weighted by Crippen LogP contribution is 2.29. The largest absolute Gasteiger partial charge is 0.353 e. The highest BCUT2D eigenvalue weighted by atomic mass is 16.1. The maximum atomic E-state index is 12.4. The van der Waals surface area contributed by atoms with Gasteiger partial charge in [-0.1, -0.05) is 26.7 Å². The van der Waals surface area contributed by atoms with Crippen LogP contribution in [0, 0.1) is 25.7 Å². The zero-order valence-electron chi connectivity index (χ0n) is 15.0. The molecule has 0 unspecified atom stereocenters. The van der Waals surface area contributed by atoms with Crippen molar-refractivity contribution >= 4 is 11.7 Å². The normalized spacial score (nSPS) is 24.2. The SMILES string of the molecule is Cc1nc2ncnn2c(C)c1CCC(=O)N[C@@H]1CCC[C@@H](C)[C@@H]1C. The van der Waals surface area contributed by atoms with Gasteiger partial charge in [-0.2, -0.15) is 10.1 Å². The van der Waals surface area contributed by atoms with E-state index in [1.807, 2.05) is 13.8 Å². The number of amides is 1. The highest BCUT2D eigenvalue weighted by molar-refractivity contribution is 5.76. The molecule has 6 heteroatoms. The van der Waals surface area contributed by atoms with Gasteiger partial charge in [0, 0.05) is 23.9 Å². The molecule has 130 valence electrons. The first kappa shape index (κ1) is 16.9. The van der Waals surface area contributed by atoms with Crippen molar-refractivity contribution in [1.29, 1.82) is 0 Å². The van der Waals surface area contributed by atoms with Gasteiger partial charge in [-0.3, -0.25) is 4.79 Å². The van der Waals surface area contributed by atoms with Crippen LogP contribution in [-0.2, 0) is 11.2 Å². The van der Waals surface area contributed by atoms with E-state index >= 15 is 0 Å². The van der Waals surface area contributed by atoms with Gasteiger partial charge < -0.3 is 5.32 Å². The Morgan fingerprint density at radius 1 is 1.33 bits per heavy atom. The van der Waals surface area contributed by atoms with Crippen LogP contribution in [0.2, 0.25) is 0 Å². The number of nitrogens with one attached hydrogen (secondary N) is 1. The van der Waals surface area contributed by atoms with E-state index in [1.165, 1.54) is 19.2 Å². The lowest BCUT2D eigenvalue weighted by Gasteiger charge is -2.34. The van der Waals surface area contributed by atoms with E-state index in [-0.39, 0.29) is 5.91 Å². The van der Waals surface area contributed by atoms with E-state index in [0.717, 1.165) is 23.4 Å². The van der Waals surface area contributed by atoms with Crippen LogP contribution in [0.1, 0.15) is 56.5 Å². The van der Waals surface area contributed by atoms with Crippen molar-refractivity contribution in [3.63, 3.8) is 0 Å². The van der Waals surface area contributed by atoms with Gasteiger partial charge in [0.2, 0.25) is 5.91 Å². The maximum absolute atomic E-state index is 12.4. The molecule has 6 nitrogen and oxygen atoms in total. The average Bonchev–Trinajstić information content (AvgIpc) is 3.00. The predicted octanol–water partition coefficient (Wildman–Crippen LogP) is 2.61. The topological polar surface area (TPSA) is 72.2 Å². The number of carbonyl (C=O) groups excluding carboxylic acids is 1. The Balaban J connectivity index is 1.64. The Labute approximate surface area is 143 Å². The minimum absolute atomic E-state index is 0.137. The third-order valence-corrected chi connectivity index (χ3v) is 5.64. The number of hydrogen-bond acceptors (Lipinski definition) is 4. The fourth-order valence-electron chi connectivity index (χ4n) is 3.82. The highest BCUT2D eigenvalue weighted by Gasteiger charge is 2.28. The third-order valence-electron chi connectivity index (χ3n) is 5.64. The quantitative estimate of drug-likeness (QED) is 0.936. The zero-order chi connectivity index (χ0) is 17.3.